The summed E-state index contributed by atoms with van der Waals surface area (Å²) >= 11 is -0.167. The largest absolute Gasteiger partial charge is 0.441 e. The second-order valence-electron chi connectivity index (χ2n) is 5.00. The Morgan fingerprint density at radius 2 is 1.81 bits per heavy atom. The van der Waals surface area contributed by atoms with Crippen molar-refractivity contribution in [2.45, 2.75) is 57.1 Å². The zero-order valence-electron chi connectivity index (χ0n) is 12.4. The van der Waals surface area contributed by atoms with Gasteiger partial charge in [-0.15, -0.1) is 0 Å². The Balaban J connectivity index is 2.89. The van der Waals surface area contributed by atoms with Gasteiger partial charge in [-0.05, 0) is 31.0 Å². The molecule has 122 valence electrons. The molecule has 1 saturated heterocycles. The fourth-order valence-electron chi connectivity index (χ4n) is 2.58. The van der Waals surface area contributed by atoms with E-state index in [1.54, 1.807) is 20.8 Å². The SMILES string of the molecule is CCC1C(=O)NC(CC)(CC)C(=O)N1CCSC(F)(F)F. The van der Waals surface area contributed by atoms with Crippen molar-refractivity contribution < 1.29 is 22.8 Å². The van der Waals surface area contributed by atoms with Crippen molar-refractivity contribution in [3.8, 4) is 0 Å². The normalized spacial score (nSPS) is 22.4. The number of carbonyl (C=O) groups is 2. The molecule has 0 bridgehead atoms. The van der Waals surface area contributed by atoms with Gasteiger partial charge in [0.1, 0.15) is 11.6 Å². The molecule has 1 aliphatic rings. The van der Waals surface area contributed by atoms with Crippen molar-refractivity contribution in [3.63, 3.8) is 0 Å². The van der Waals surface area contributed by atoms with Crippen molar-refractivity contribution in [1.29, 1.82) is 0 Å². The topological polar surface area (TPSA) is 49.4 Å². The molecule has 1 fully saturated rings. The van der Waals surface area contributed by atoms with Gasteiger partial charge in [0.2, 0.25) is 11.8 Å². The maximum absolute atomic E-state index is 12.6. The second-order valence-corrected chi connectivity index (χ2v) is 6.16. The van der Waals surface area contributed by atoms with Crippen LogP contribution in [0.2, 0.25) is 0 Å². The summed E-state index contributed by atoms with van der Waals surface area (Å²) in [4.78, 5) is 26.1. The number of nitrogens with one attached hydrogen (secondary N) is 1. The van der Waals surface area contributed by atoms with Crippen LogP contribution in [0.3, 0.4) is 0 Å². The first-order valence-corrected chi connectivity index (χ1v) is 8.03. The smallest absolute Gasteiger partial charge is 0.340 e. The molecule has 0 saturated carbocycles. The number of hydrogen-bond donors (Lipinski definition) is 1. The van der Waals surface area contributed by atoms with Gasteiger partial charge in [-0.1, -0.05) is 20.8 Å². The van der Waals surface area contributed by atoms with Crippen LogP contribution in [0.1, 0.15) is 40.0 Å². The highest BCUT2D eigenvalue weighted by atomic mass is 32.2. The highest BCUT2D eigenvalue weighted by Gasteiger charge is 2.48. The summed E-state index contributed by atoms with van der Waals surface area (Å²) in [6.07, 6.45) is 1.23. The van der Waals surface area contributed by atoms with Crippen LogP contribution in [0.15, 0.2) is 0 Å². The second kappa shape index (κ2) is 6.89. The molecule has 0 aromatic carbocycles. The van der Waals surface area contributed by atoms with Gasteiger partial charge in [-0.25, -0.2) is 0 Å². The third kappa shape index (κ3) is 4.05. The van der Waals surface area contributed by atoms with E-state index in [9.17, 15) is 22.8 Å². The molecule has 0 aromatic rings. The molecule has 0 spiro atoms. The van der Waals surface area contributed by atoms with Crippen molar-refractivity contribution in [2.24, 2.45) is 0 Å². The third-order valence-corrected chi connectivity index (χ3v) is 4.62. The molecule has 2 amide bonds. The number of nitrogens with zero attached hydrogens (tertiary/aromatic N) is 1. The summed E-state index contributed by atoms with van der Waals surface area (Å²) in [5, 5.41) is 2.76. The van der Waals surface area contributed by atoms with Gasteiger partial charge in [0, 0.05) is 12.3 Å². The maximum Gasteiger partial charge on any atom is 0.441 e. The number of amides is 2. The predicted octanol–water partition coefficient (Wildman–Crippen LogP) is 2.54. The van der Waals surface area contributed by atoms with Gasteiger partial charge in [-0.2, -0.15) is 13.2 Å². The Hall–Kier alpha value is -0.920. The Kier molecular flexibility index (Phi) is 5.95. The number of carbonyl (C=O) groups excluding carboxylic acids is 2. The van der Waals surface area contributed by atoms with E-state index in [1.165, 1.54) is 4.90 Å². The standard InChI is InChI=1S/C13H21F3N2O2S/c1-4-9-10(19)17-12(5-2,6-3)11(20)18(9)7-8-21-13(14,15)16/h9H,4-8H2,1-3H3,(H,17,19). The number of rotatable bonds is 6. The fraction of sp³-hybridized carbons (Fsp3) is 0.846. The number of alkyl halides is 3. The van der Waals surface area contributed by atoms with Gasteiger partial charge in [0.25, 0.3) is 0 Å². The molecular weight excluding hydrogens is 305 g/mol. The number of thioether (sulfide) groups is 1. The Morgan fingerprint density at radius 1 is 1.24 bits per heavy atom. The van der Waals surface area contributed by atoms with E-state index in [0.717, 1.165) is 0 Å². The van der Waals surface area contributed by atoms with Crippen molar-refractivity contribution >= 4 is 23.6 Å². The summed E-state index contributed by atoms with van der Waals surface area (Å²) in [5.74, 6) is -0.817. The van der Waals surface area contributed by atoms with Crippen LogP contribution >= 0.6 is 11.8 Å². The number of piperazine rings is 1. The van der Waals surface area contributed by atoms with Crippen LogP contribution in [-0.2, 0) is 9.59 Å². The molecule has 0 aliphatic carbocycles. The molecule has 0 aromatic heterocycles. The van der Waals surface area contributed by atoms with Crippen molar-refractivity contribution in [3.05, 3.63) is 0 Å². The Bertz CT molecular complexity index is 397. The molecule has 1 unspecified atom stereocenters. The predicted molar refractivity (Wildman–Crippen MR) is 75.8 cm³/mol. The van der Waals surface area contributed by atoms with Crippen molar-refractivity contribution in [1.82, 2.24) is 10.2 Å². The summed E-state index contributed by atoms with van der Waals surface area (Å²) in [6.45, 7) is 5.25. The molecule has 1 aliphatic heterocycles. The lowest BCUT2D eigenvalue weighted by Crippen LogP contribution is -2.70. The van der Waals surface area contributed by atoms with E-state index >= 15 is 0 Å². The fourth-order valence-corrected chi connectivity index (χ4v) is 3.10. The monoisotopic (exact) mass is 326 g/mol. The molecule has 1 N–H and O–H groups in total. The van der Waals surface area contributed by atoms with Gasteiger partial charge < -0.3 is 10.2 Å². The van der Waals surface area contributed by atoms with Crippen LogP contribution in [-0.4, -0.2) is 46.1 Å². The molecule has 1 atom stereocenters. The lowest BCUT2D eigenvalue weighted by Gasteiger charge is -2.45. The first-order chi connectivity index (χ1) is 9.70. The highest BCUT2D eigenvalue weighted by Crippen LogP contribution is 2.31. The minimum atomic E-state index is -4.32. The molecule has 1 rings (SSSR count). The first-order valence-electron chi connectivity index (χ1n) is 7.04. The van der Waals surface area contributed by atoms with E-state index < -0.39 is 17.1 Å². The third-order valence-electron chi connectivity index (χ3n) is 3.90. The van der Waals surface area contributed by atoms with Crippen molar-refractivity contribution in [2.75, 3.05) is 12.3 Å². The van der Waals surface area contributed by atoms with E-state index in [-0.39, 0.29) is 35.9 Å². The minimum Gasteiger partial charge on any atom is -0.340 e. The lowest BCUT2D eigenvalue weighted by atomic mass is 9.86. The quantitative estimate of drug-likeness (QED) is 0.816. The van der Waals surface area contributed by atoms with E-state index in [4.69, 9.17) is 0 Å². The first kappa shape index (κ1) is 18.1. The van der Waals surface area contributed by atoms with Gasteiger partial charge in [-0.3, -0.25) is 9.59 Å². The molecule has 4 nitrogen and oxygen atoms in total. The zero-order valence-corrected chi connectivity index (χ0v) is 13.2. The lowest BCUT2D eigenvalue weighted by molar-refractivity contribution is -0.155. The van der Waals surface area contributed by atoms with Gasteiger partial charge in [0.05, 0.1) is 0 Å². The summed E-state index contributed by atoms with van der Waals surface area (Å²) in [7, 11) is 0. The summed E-state index contributed by atoms with van der Waals surface area (Å²) in [6, 6.07) is -0.683. The molecule has 8 heteroatoms. The van der Waals surface area contributed by atoms with Gasteiger partial charge in [0.15, 0.2) is 0 Å². The van der Waals surface area contributed by atoms with Crippen LogP contribution in [0.4, 0.5) is 13.2 Å². The average molecular weight is 326 g/mol. The molecular formula is C13H21F3N2O2S. The molecule has 1 heterocycles. The highest BCUT2D eigenvalue weighted by molar-refractivity contribution is 8.00. The van der Waals surface area contributed by atoms with E-state index in [2.05, 4.69) is 5.32 Å². The van der Waals surface area contributed by atoms with Crippen LogP contribution in [0, 0.1) is 0 Å². The zero-order chi connectivity index (χ0) is 16.3. The molecule has 0 radical (unpaired) electrons. The summed E-state index contributed by atoms with van der Waals surface area (Å²) in [5.41, 5.74) is -5.30. The minimum absolute atomic E-state index is 0.0727. The molecule has 21 heavy (non-hydrogen) atoms. The Labute approximate surface area is 126 Å². The van der Waals surface area contributed by atoms with Crippen LogP contribution in [0.25, 0.3) is 0 Å². The summed E-state index contributed by atoms with van der Waals surface area (Å²) < 4.78 is 36.7. The van der Waals surface area contributed by atoms with Gasteiger partial charge >= 0.3 is 5.51 Å². The Morgan fingerprint density at radius 3 is 2.24 bits per heavy atom. The van der Waals surface area contributed by atoms with E-state index in [0.29, 0.717) is 19.3 Å². The maximum atomic E-state index is 12.6. The number of hydrogen-bond acceptors (Lipinski definition) is 3. The van der Waals surface area contributed by atoms with Crippen LogP contribution < -0.4 is 5.32 Å². The van der Waals surface area contributed by atoms with E-state index in [1.807, 2.05) is 0 Å². The average Bonchev–Trinajstić information content (AvgIpc) is 2.41. The number of halogens is 3. The van der Waals surface area contributed by atoms with Crippen LogP contribution in [0.5, 0.6) is 0 Å².